The van der Waals surface area contributed by atoms with Crippen LogP contribution in [0.5, 0.6) is 0 Å². The molecule has 1 saturated heterocycles. The smallest absolute Gasteiger partial charge is 0.338 e. The fraction of sp³-hybridized carbons (Fsp3) is 0.462. The Labute approximate surface area is 115 Å². The summed E-state index contributed by atoms with van der Waals surface area (Å²) in [6, 6.07) is 5.28. The highest BCUT2D eigenvalue weighted by molar-refractivity contribution is 5.89. The van der Waals surface area contributed by atoms with Crippen LogP contribution in [0.1, 0.15) is 16.8 Å². The zero-order valence-electron chi connectivity index (χ0n) is 11.1. The minimum atomic E-state index is -0.524. The summed E-state index contributed by atoms with van der Waals surface area (Å²) >= 11 is 0. The van der Waals surface area contributed by atoms with Crippen LogP contribution in [-0.2, 0) is 4.74 Å². The Balaban J connectivity index is 1.90. The first kappa shape index (κ1) is 14.4. The summed E-state index contributed by atoms with van der Waals surface area (Å²) in [4.78, 5) is 23.7. The summed E-state index contributed by atoms with van der Waals surface area (Å²) in [7, 11) is 1.86. The van der Waals surface area contributed by atoms with E-state index in [2.05, 4.69) is 0 Å². The van der Waals surface area contributed by atoms with Crippen molar-refractivity contribution in [3.8, 4) is 0 Å². The molecular weight excluding hydrogens is 264 g/mol. The van der Waals surface area contributed by atoms with Gasteiger partial charge in [0.25, 0.3) is 5.69 Å². The van der Waals surface area contributed by atoms with Crippen LogP contribution in [0.3, 0.4) is 0 Å². The van der Waals surface area contributed by atoms with Gasteiger partial charge in [0.15, 0.2) is 0 Å². The van der Waals surface area contributed by atoms with Gasteiger partial charge >= 0.3 is 5.97 Å². The Morgan fingerprint density at radius 2 is 2.15 bits per heavy atom. The van der Waals surface area contributed by atoms with Gasteiger partial charge in [0.2, 0.25) is 0 Å². The van der Waals surface area contributed by atoms with E-state index >= 15 is 0 Å². The van der Waals surface area contributed by atoms with E-state index < -0.39 is 10.9 Å². The fourth-order valence-corrected chi connectivity index (χ4v) is 2.22. The molecule has 1 fully saturated rings. The third kappa shape index (κ3) is 3.31. The summed E-state index contributed by atoms with van der Waals surface area (Å²) in [5, 5.41) is 20.0. The van der Waals surface area contributed by atoms with Crippen molar-refractivity contribution in [2.75, 3.05) is 20.2 Å². The zero-order valence-corrected chi connectivity index (χ0v) is 11.1. The molecule has 108 valence electrons. The zero-order chi connectivity index (χ0) is 14.7. The molecule has 7 heteroatoms. The van der Waals surface area contributed by atoms with E-state index in [0.29, 0.717) is 13.0 Å². The van der Waals surface area contributed by atoms with Crippen LogP contribution in [0.25, 0.3) is 0 Å². The molecule has 1 N–H and O–H groups in total. The van der Waals surface area contributed by atoms with Crippen molar-refractivity contribution in [1.82, 2.24) is 4.90 Å². The molecule has 1 aromatic rings. The van der Waals surface area contributed by atoms with E-state index in [4.69, 9.17) is 4.74 Å². The second-order valence-corrected chi connectivity index (χ2v) is 4.89. The van der Waals surface area contributed by atoms with Crippen LogP contribution in [0.4, 0.5) is 5.69 Å². The molecule has 0 bridgehead atoms. The van der Waals surface area contributed by atoms with Gasteiger partial charge in [-0.15, -0.1) is 0 Å². The maximum atomic E-state index is 11.8. The predicted molar refractivity (Wildman–Crippen MR) is 70.4 cm³/mol. The summed E-state index contributed by atoms with van der Waals surface area (Å²) in [5.41, 5.74) is 0.206. The lowest BCUT2D eigenvalue weighted by molar-refractivity contribution is -0.384. The molecule has 0 spiro atoms. The van der Waals surface area contributed by atoms with Gasteiger partial charge in [-0.05, 0) is 25.6 Å². The molecule has 7 nitrogen and oxygen atoms in total. The first-order valence-electron chi connectivity index (χ1n) is 6.27. The molecule has 0 radical (unpaired) electrons. The first-order chi connectivity index (χ1) is 9.47. The largest absolute Gasteiger partial charge is 0.460 e. The van der Waals surface area contributed by atoms with Gasteiger partial charge in [-0.1, -0.05) is 0 Å². The molecule has 1 aliphatic rings. The predicted octanol–water partition coefficient (Wildman–Crippen LogP) is 0.817. The maximum Gasteiger partial charge on any atom is 0.338 e. The highest BCUT2D eigenvalue weighted by Gasteiger charge is 2.29. The van der Waals surface area contributed by atoms with Crippen molar-refractivity contribution in [2.45, 2.75) is 18.6 Å². The SMILES string of the molecule is CN1C[C@@H](O)C[C@H]1COC(=O)c1ccc([N+](=O)[O-])cc1. The van der Waals surface area contributed by atoms with Crippen LogP contribution < -0.4 is 0 Å². The molecule has 0 aromatic heterocycles. The van der Waals surface area contributed by atoms with Crippen LogP contribution in [0.2, 0.25) is 0 Å². The van der Waals surface area contributed by atoms with E-state index in [1.807, 2.05) is 11.9 Å². The number of carbonyl (C=O) groups excluding carboxylic acids is 1. The number of β-amino-alcohol motifs (C(OH)–C–C–N with tert-alkyl or cyclic N) is 1. The van der Waals surface area contributed by atoms with Crippen molar-refractivity contribution < 1.29 is 19.6 Å². The Morgan fingerprint density at radius 1 is 1.50 bits per heavy atom. The van der Waals surface area contributed by atoms with Crippen molar-refractivity contribution in [2.24, 2.45) is 0 Å². The van der Waals surface area contributed by atoms with E-state index in [1.54, 1.807) is 0 Å². The number of rotatable bonds is 4. The fourth-order valence-electron chi connectivity index (χ4n) is 2.22. The van der Waals surface area contributed by atoms with Gasteiger partial charge in [-0.2, -0.15) is 0 Å². The van der Waals surface area contributed by atoms with Gasteiger partial charge in [0.05, 0.1) is 16.6 Å². The monoisotopic (exact) mass is 280 g/mol. The number of hydrogen-bond acceptors (Lipinski definition) is 6. The Bertz CT molecular complexity index is 502. The van der Waals surface area contributed by atoms with Gasteiger partial charge in [0.1, 0.15) is 6.61 Å². The molecule has 1 aromatic carbocycles. The third-order valence-electron chi connectivity index (χ3n) is 3.39. The number of non-ortho nitro benzene ring substituents is 1. The lowest BCUT2D eigenvalue weighted by atomic mass is 10.2. The molecule has 0 unspecified atom stereocenters. The van der Waals surface area contributed by atoms with Gasteiger partial charge in [-0.3, -0.25) is 15.0 Å². The summed E-state index contributed by atoms with van der Waals surface area (Å²) in [6.45, 7) is 0.767. The molecule has 0 aliphatic carbocycles. The molecule has 1 heterocycles. The average molecular weight is 280 g/mol. The number of carbonyl (C=O) groups is 1. The lowest BCUT2D eigenvalue weighted by Crippen LogP contribution is -2.30. The van der Waals surface area contributed by atoms with Crippen LogP contribution in [-0.4, -0.2) is 53.2 Å². The number of likely N-dealkylation sites (tertiary alicyclic amines) is 1. The van der Waals surface area contributed by atoms with Crippen LogP contribution in [0, 0.1) is 10.1 Å². The Hall–Kier alpha value is -1.99. The molecule has 2 rings (SSSR count). The third-order valence-corrected chi connectivity index (χ3v) is 3.39. The Kier molecular flexibility index (Phi) is 4.31. The minimum Gasteiger partial charge on any atom is -0.460 e. The topological polar surface area (TPSA) is 92.9 Å². The first-order valence-corrected chi connectivity index (χ1v) is 6.27. The number of aliphatic hydroxyl groups excluding tert-OH is 1. The Morgan fingerprint density at radius 3 is 2.65 bits per heavy atom. The summed E-state index contributed by atoms with van der Waals surface area (Å²) in [5.74, 6) is -0.519. The summed E-state index contributed by atoms with van der Waals surface area (Å²) in [6.07, 6.45) is 0.187. The molecular formula is C13H16N2O5. The number of aliphatic hydroxyl groups is 1. The van der Waals surface area contributed by atoms with E-state index in [0.717, 1.165) is 0 Å². The number of nitro groups is 1. The number of benzene rings is 1. The van der Waals surface area contributed by atoms with Crippen LogP contribution in [0.15, 0.2) is 24.3 Å². The number of nitrogens with zero attached hydrogens (tertiary/aromatic N) is 2. The van der Waals surface area contributed by atoms with Gasteiger partial charge < -0.3 is 9.84 Å². The van der Waals surface area contributed by atoms with E-state index in [1.165, 1.54) is 24.3 Å². The molecule has 0 amide bonds. The lowest BCUT2D eigenvalue weighted by Gasteiger charge is -2.18. The second-order valence-electron chi connectivity index (χ2n) is 4.89. The van der Waals surface area contributed by atoms with Crippen LogP contribution >= 0.6 is 0 Å². The molecule has 20 heavy (non-hydrogen) atoms. The number of likely N-dealkylation sites (N-methyl/N-ethyl adjacent to an activating group) is 1. The number of esters is 1. The normalized spacial score (nSPS) is 22.7. The number of hydrogen-bond donors (Lipinski definition) is 1. The molecule has 0 saturated carbocycles. The van der Waals surface area contributed by atoms with Crippen molar-refractivity contribution in [3.63, 3.8) is 0 Å². The second kappa shape index (κ2) is 5.98. The van der Waals surface area contributed by atoms with E-state index in [-0.39, 0.29) is 30.0 Å². The number of ether oxygens (including phenoxy) is 1. The highest BCUT2D eigenvalue weighted by Crippen LogP contribution is 2.17. The van der Waals surface area contributed by atoms with Crippen molar-refractivity contribution >= 4 is 11.7 Å². The summed E-state index contributed by atoms with van der Waals surface area (Å²) < 4.78 is 5.17. The quantitative estimate of drug-likeness (QED) is 0.498. The average Bonchev–Trinajstić information content (AvgIpc) is 2.74. The van der Waals surface area contributed by atoms with Gasteiger partial charge in [-0.25, -0.2) is 4.79 Å². The standard InChI is InChI=1S/C13H16N2O5/c1-14-7-12(16)6-11(14)8-20-13(17)9-2-4-10(5-3-9)15(18)19/h2-5,11-12,16H,6-8H2,1H3/t11-,12-/m0/s1. The van der Waals surface area contributed by atoms with Gasteiger partial charge in [0, 0.05) is 24.7 Å². The maximum absolute atomic E-state index is 11.8. The molecule has 1 aliphatic heterocycles. The van der Waals surface area contributed by atoms with Crippen molar-refractivity contribution in [1.29, 1.82) is 0 Å². The highest BCUT2D eigenvalue weighted by atomic mass is 16.6. The minimum absolute atomic E-state index is 0.00648. The number of nitro benzene ring substituents is 1. The van der Waals surface area contributed by atoms with E-state index in [9.17, 15) is 20.0 Å². The molecule has 2 atom stereocenters. The van der Waals surface area contributed by atoms with Crippen molar-refractivity contribution in [3.05, 3.63) is 39.9 Å².